The molecule has 2 amide bonds. The molecule has 0 bridgehead atoms. The Hall–Kier alpha value is -1.88. The van der Waals surface area contributed by atoms with Crippen molar-refractivity contribution in [3.05, 3.63) is 48.3 Å². The van der Waals surface area contributed by atoms with E-state index in [0.29, 0.717) is 12.1 Å². The maximum atomic E-state index is 13.1. The second-order valence-electron chi connectivity index (χ2n) is 3.66. The van der Waals surface area contributed by atoms with E-state index >= 15 is 0 Å². The number of methoxy groups -OCH3 is 1. The average molecular weight is 252 g/mol. The van der Waals surface area contributed by atoms with Gasteiger partial charge in [0.15, 0.2) is 0 Å². The van der Waals surface area contributed by atoms with Crippen LogP contribution in [-0.4, -0.2) is 26.2 Å². The zero-order chi connectivity index (χ0) is 13.4. The molecule has 0 fully saturated rings. The number of halogens is 1. The SMILES string of the molecule is C=CCNC(=O)NCC(OC)c1cccc(F)c1. The molecule has 0 heterocycles. The van der Waals surface area contributed by atoms with Gasteiger partial charge in [0.1, 0.15) is 5.82 Å². The normalized spacial score (nSPS) is 11.7. The van der Waals surface area contributed by atoms with Crippen molar-refractivity contribution in [1.29, 1.82) is 0 Å². The second kappa shape index (κ2) is 7.45. The highest BCUT2D eigenvalue weighted by molar-refractivity contribution is 5.73. The van der Waals surface area contributed by atoms with Crippen LogP contribution in [0.1, 0.15) is 11.7 Å². The van der Waals surface area contributed by atoms with Crippen molar-refractivity contribution in [2.24, 2.45) is 0 Å². The third kappa shape index (κ3) is 4.55. The minimum Gasteiger partial charge on any atom is -0.375 e. The van der Waals surface area contributed by atoms with E-state index in [0.717, 1.165) is 0 Å². The van der Waals surface area contributed by atoms with Crippen molar-refractivity contribution in [2.45, 2.75) is 6.10 Å². The van der Waals surface area contributed by atoms with Crippen LogP contribution in [0.2, 0.25) is 0 Å². The molecule has 0 spiro atoms. The van der Waals surface area contributed by atoms with Crippen LogP contribution in [0.25, 0.3) is 0 Å². The number of hydrogen-bond acceptors (Lipinski definition) is 2. The van der Waals surface area contributed by atoms with E-state index in [1.165, 1.54) is 19.2 Å². The van der Waals surface area contributed by atoms with E-state index in [1.807, 2.05) is 0 Å². The predicted molar refractivity (Wildman–Crippen MR) is 67.7 cm³/mol. The summed E-state index contributed by atoms with van der Waals surface area (Å²) in [5.41, 5.74) is 0.682. The zero-order valence-electron chi connectivity index (χ0n) is 10.3. The number of carbonyl (C=O) groups is 1. The molecular formula is C13H17FN2O2. The molecule has 0 aliphatic rings. The van der Waals surface area contributed by atoms with E-state index in [9.17, 15) is 9.18 Å². The number of amides is 2. The lowest BCUT2D eigenvalue weighted by molar-refractivity contribution is 0.104. The summed E-state index contributed by atoms with van der Waals surface area (Å²) < 4.78 is 18.3. The van der Waals surface area contributed by atoms with E-state index in [-0.39, 0.29) is 24.5 Å². The second-order valence-corrected chi connectivity index (χ2v) is 3.66. The van der Waals surface area contributed by atoms with Gasteiger partial charge in [-0.1, -0.05) is 18.2 Å². The standard InChI is InChI=1S/C13H17FN2O2/c1-3-7-15-13(17)16-9-12(18-2)10-5-4-6-11(14)8-10/h3-6,8,12H,1,7,9H2,2H3,(H2,15,16,17). The van der Waals surface area contributed by atoms with Crippen LogP contribution in [0.3, 0.4) is 0 Å². The average Bonchev–Trinajstić information content (AvgIpc) is 2.37. The fourth-order valence-electron chi connectivity index (χ4n) is 1.46. The van der Waals surface area contributed by atoms with E-state index in [1.54, 1.807) is 18.2 Å². The molecule has 1 atom stereocenters. The summed E-state index contributed by atoms with van der Waals surface area (Å²) in [6, 6.07) is 5.79. The van der Waals surface area contributed by atoms with Crippen LogP contribution < -0.4 is 10.6 Å². The number of rotatable bonds is 6. The molecular weight excluding hydrogens is 235 g/mol. The van der Waals surface area contributed by atoms with Gasteiger partial charge in [-0.05, 0) is 17.7 Å². The van der Waals surface area contributed by atoms with Gasteiger partial charge in [-0.2, -0.15) is 0 Å². The van der Waals surface area contributed by atoms with Crippen LogP contribution in [0, 0.1) is 5.82 Å². The highest BCUT2D eigenvalue weighted by Gasteiger charge is 2.12. The first-order chi connectivity index (χ1) is 8.67. The topological polar surface area (TPSA) is 50.4 Å². The van der Waals surface area contributed by atoms with Gasteiger partial charge in [-0.3, -0.25) is 0 Å². The van der Waals surface area contributed by atoms with Gasteiger partial charge in [-0.25, -0.2) is 9.18 Å². The first-order valence-electron chi connectivity index (χ1n) is 5.58. The van der Waals surface area contributed by atoms with Crippen LogP contribution in [-0.2, 0) is 4.74 Å². The number of carbonyl (C=O) groups excluding carboxylic acids is 1. The molecule has 1 rings (SSSR count). The molecule has 1 unspecified atom stereocenters. The Bertz CT molecular complexity index is 410. The molecule has 4 nitrogen and oxygen atoms in total. The van der Waals surface area contributed by atoms with Crippen molar-refractivity contribution in [1.82, 2.24) is 10.6 Å². The molecule has 18 heavy (non-hydrogen) atoms. The molecule has 5 heteroatoms. The van der Waals surface area contributed by atoms with Crippen molar-refractivity contribution in [3.63, 3.8) is 0 Å². The number of benzene rings is 1. The monoisotopic (exact) mass is 252 g/mol. The summed E-state index contributed by atoms with van der Waals surface area (Å²) in [5, 5.41) is 5.22. The van der Waals surface area contributed by atoms with E-state index in [2.05, 4.69) is 17.2 Å². The van der Waals surface area contributed by atoms with Crippen LogP contribution in [0.5, 0.6) is 0 Å². The van der Waals surface area contributed by atoms with Gasteiger partial charge in [0.05, 0.1) is 6.10 Å². The number of ether oxygens (including phenoxy) is 1. The molecule has 2 N–H and O–H groups in total. The van der Waals surface area contributed by atoms with Gasteiger partial charge in [-0.15, -0.1) is 6.58 Å². The molecule has 0 saturated heterocycles. The highest BCUT2D eigenvalue weighted by atomic mass is 19.1. The smallest absolute Gasteiger partial charge is 0.315 e. The summed E-state index contributed by atoms with van der Waals surface area (Å²) in [4.78, 5) is 11.3. The lowest BCUT2D eigenvalue weighted by Gasteiger charge is -2.16. The lowest BCUT2D eigenvalue weighted by atomic mass is 10.1. The number of hydrogen-bond donors (Lipinski definition) is 2. The Kier molecular flexibility index (Phi) is 5.87. The first-order valence-corrected chi connectivity index (χ1v) is 5.58. The lowest BCUT2D eigenvalue weighted by Crippen LogP contribution is -2.38. The Morgan fingerprint density at radius 3 is 2.94 bits per heavy atom. The Balaban J connectivity index is 2.52. The summed E-state index contributed by atoms with van der Waals surface area (Å²) in [6.45, 7) is 4.15. The largest absolute Gasteiger partial charge is 0.375 e. The summed E-state index contributed by atoms with van der Waals surface area (Å²) >= 11 is 0. The Morgan fingerprint density at radius 1 is 1.56 bits per heavy atom. The number of urea groups is 1. The van der Waals surface area contributed by atoms with Gasteiger partial charge in [0.2, 0.25) is 0 Å². The van der Waals surface area contributed by atoms with Crippen LogP contribution >= 0.6 is 0 Å². The minimum absolute atomic E-state index is 0.267. The number of nitrogens with one attached hydrogen (secondary N) is 2. The first kappa shape index (κ1) is 14.2. The Morgan fingerprint density at radius 2 is 2.33 bits per heavy atom. The van der Waals surface area contributed by atoms with E-state index < -0.39 is 0 Å². The zero-order valence-corrected chi connectivity index (χ0v) is 10.3. The van der Waals surface area contributed by atoms with E-state index in [4.69, 9.17) is 4.74 Å². The molecule has 1 aromatic carbocycles. The summed E-state index contributed by atoms with van der Waals surface area (Å²) in [6.07, 6.45) is 1.20. The Labute approximate surface area is 106 Å². The van der Waals surface area contributed by atoms with Gasteiger partial charge in [0.25, 0.3) is 0 Å². The molecule has 0 aliphatic carbocycles. The predicted octanol–water partition coefficient (Wildman–Crippen LogP) is 2.00. The molecule has 0 radical (unpaired) electrons. The molecule has 0 aromatic heterocycles. The molecule has 1 aromatic rings. The van der Waals surface area contributed by atoms with Crippen molar-refractivity contribution in [3.8, 4) is 0 Å². The third-order valence-corrected chi connectivity index (χ3v) is 2.36. The van der Waals surface area contributed by atoms with Crippen LogP contribution in [0.4, 0.5) is 9.18 Å². The van der Waals surface area contributed by atoms with Gasteiger partial charge < -0.3 is 15.4 Å². The molecule has 0 saturated carbocycles. The maximum absolute atomic E-state index is 13.1. The summed E-state index contributed by atoms with van der Waals surface area (Å²) in [7, 11) is 1.51. The molecule has 98 valence electrons. The fraction of sp³-hybridized carbons (Fsp3) is 0.308. The minimum atomic E-state index is -0.379. The fourth-order valence-corrected chi connectivity index (χ4v) is 1.46. The van der Waals surface area contributed by atoms with Crippen molar-refractivity contribution < 1.29 is 13.9 Å². The summed E-state index contributed by atoms with van der Waals surface area (Å²) in [5.74, 6) is -0.328. The quantitative estimate of drug-likeness (QED) is 0.761. The van der Waals surface area contributed by atoms with Crippen molar-refractivity contribution >= 4 is 6.03 Å². The maximum Gasteiger partial charge on any atom is 0.315 e. The third-order valence-electron chi connectivity index (χ3n) is 2.36. The van der Waals surface area contributed by atoms with Crippen molar-refractivity contribution in [2.75, 3.05) is 20.2 Å². The van der Waals surface area contributed by atoms with Gasteiger partial charge >= 0.3 is 6.03 Å². The van der Waals surface area contributed by atoms with Gasteiger partial charge in [0, 0.05) is 20.2 Å². The highest BCUT2D eigenvalue weighted by Crippen LogP contribution is 2.16. The van der Waals surface area contributed by atoms with Crippen LogP contribution in [0.15, 0.2) is 36.9 Å². The molecule has 0 aliphatic heterocycles.